The number of sulfonamides is 1. The fourth-order valence-electron chi connectivity index (χ4n) is 2.08. The van der Waals surface area contributed by atoms with Gasteiger partial charge in [0.15, 0.2) is 0 Å². The number of carbonyl (C=O) groups excluding carboxylic acids is 1. The molecule has 0 aromatic heterocycles. The molecule has 1 rings (SSSR count). The van der Waals surface area contributed by atoms with Crippen LogP contribution in [0.3, 0.4) is 0 Å². The maximum atomic E-state index is 11.6. The van der Waals surface area contributed by atoms with Crippen LogP contribution < -0.4 is 5.14 Å². The molecule has 1 aliphatic carbocycles. The number of primary sulfonamides is 1. The SMILES string of the molecule is NS(=O)(=O)CCCC(=O)C1CCCCC1. The molecule has 0 saturated heterocycles. The van der Waals surface area contributed by atoms with E-state index in [-0.39, 0.29) is 17.5 Å². The Kier molecular flexibility index (Phi) is 4.73. The second-order valence-electron chi connectivity index (χ2n) is 4.27. The highest BCUT2D eigenvalue weighted by Gasteiger charge is 2.20. The van der Waals surface area contributed by atoms with E-state index >= 15 is 0 Å². The fourth-order valence-corrected chi connectivity index (χ4v) is 2.62. The van der Waals surface area contributed by atoms with E-state index < -0.39 is 10.0 Å². The van der Waals surface area contributed by atoms with Crippen molar-refractivity contribution >= 4 is 15.8 Å². The second-order valence-corrected chi connectivity index (χ2v) is 6.01. The van der Waals surface area contributed by atoms with Crippen molar-refractivity contribution < 1.29 is 13.2 Å². The molecule has 0 amide bonds. The Morgan fingerprint density at radius 2 is 1.80 bits per heavy atom. The van der Waals surface area contributed by atoms with Gasteiger partial charge < -0.3 is 0 Å². The zero-order valence-corrected chi connectivity index (χ0v) is 9.76. The van der Waals surface area contributed by atoms with Gasteiger partial charge in [0.25, 0.3) is 0 Å². The average molecular weight is 233 g/mol. The first-order chi connectivity index (χ1) is 6.99. The van der Waals surface area contributed by atoms with Gasteiger partial charge >= 0.3 is 0 Å². The molecule has 0 radical (unpaired) electrons. The largest absolute Gasteiger partial charge is 0.299 e. The Labute approximate surface area is 91.3 Å². The van der Waals surface area contributed by atoms with Gasteiger partial charge in [-0.2, -0.15) is 0 Å². The van der Waals surface area contributed by atoms with Gasteiger partial charge in [-0.1, -0.05) is 19.3 Å². The van der Waals surface area contributed by atoms with E-state index in [1.165, 1.54) is 6.42 Å². The predicted molar refractivity (Wildman–Crippen MR) is 58.8 cm³/mol. The van der Waals surface area contributed by atoms with Gasteiger partial charge in [-0.25, -0.2) is 13.6 Å². The summed E-state index contributed by atoms with van der Waals surface area (Å²) in [6.45, 7) is 0. The topological polar surface area (TPSA) is 77.2 Å². The second kappa shape index (κ2) is 5.61. The van der Waals surface area contributed by atoms with Crippen LogP contribution >= 0.6 is 0 Å². The van der Waals surface area contributed by atoms with Crippen LogP contribution in [0.25, 0.3) is 0 Å². The highest BCUT2D eigenvalue weighted by molar-refractivity contribution is 7.89. The van der Waals surface area contributed by atoms with E-state index in [1.807, 2.05) is 0 Å². The first kappa shape index (κ1) is 12.6. The van der Waals surface area contributed by atoms with Crippen LogP contribution in [0.5, 0.6) is 0 Å². The van der Waals surface area contributed by atoms with E-state index in [2.05, 4.69) is 0 Å². The van der Waals surface area contributed by atoms with Crippen molar-refractivity contribution in [3.63, 3.8) is 0 Å². The summed E-state index contributed by atoms with van der Waals surface area (Å²) in [4.78, 5) is 11.6. The quantitative estimate of drug-likeness (QED) is 0.775. The maximum absolute atomic E-state index is 11.6. The summed E-state index contributed by atoms with van der Waals surface area (Å²) in [5, 5.41) is 4.86. The lowest BCUT2D eigenvalue weighted by molar-refractivity contribution is -0.123. The Bertz CT molecular complexity index is 305. The monoisotopic (exact) mass is 233 g/mol. The highest BCUT2D eigenvalue weighted by Crippen LogP contribution is 2.25. The molecule has 0 spiro atoms. The molecule has 4 nitrogen and oxygen atoms in total. The number of carbonyl (C=O) groups is 1. The average Bonchev–Trinajstić information content (AvgIpc) is 2.17. The van der Waals surface area contributed by atoms with Gasteiger partial charge in [0.1, 0.15) is 5.78 Å². The number of hydrogen-bond acceptors (Lipinski definition) is 3. The summed E-state index contributed by atoms with van der Waals surface area (Å²) in [6.07, 6.45) is 6.18. The summed E-state index contributed by atoms with van der Waals surface area (Å²) in [7, 11) is -3.40. The van der Waals surface area contributed by atoms with Crippen molar-refractivity contribution in [2.24, 2.45) is 11.1 Å². The molecular formula is C10H19NO3S. The normalized spacial score (nSPS) is 19.0. The van der Waals surface area contributed by atoms with Gasteiger partial charge in [0.05, 0.1) is 5.75 Å². The van der Waals surface area contributed by atoms with Crippen LogP contribution in [0.2, 0.25) is 0 Å². The van der Waals surface area contributed by atoms with Crippen molar-refractivity contribution in [2.45, 2.75) is 44.9 Å². The molecule has 1 saturated carbocycles. The van der Waals surface area contributed by atoms with Crippen LogP contribution in [0.4, 0.5) is 0 Å². The number of ketones is 1. The van der Waals surface area contributed by atoms with Gasteiger partial charge in [-0.05, 0) is 19.3 Å². The van der Waals surface area contributed by atoms with Gasteiger partial charge in [0, 0.05) is 12.3 Å². The molecule has 0 aromatic carbocycles. The first-order valence-electron chi connectivity index (χ1n) is 5.52. The molecule has 88 valence electrons. The Morgan fingerprint density at radius 3 is 2.33 bits per heavy atom. The van der Waals surface area contributed by atoms with Gasteiger partial charge in [0.2, 0.25) is 10.0 Å². The zero-order chi connectivity index (χ0) is 11.3. The van der Waals surface area contributed by atoms with E-state index in [0.717, 1.165) is 25.7 Å². The van der Waals surface area contributed by atoms with Crippen molar-refractivity contribution in [1.29, 1.82) is 0 Å². The van der Waals surface area contributed by atoms with E-state index in [4.69, 9.17) is 5.14 Å². The molecule has 1 aliphatic rings. The number of Topliss-reactive ketones (excluding diaryl/α,β-unsaturated/α-hetero) is 1. The first-order valence-corrected chi connectivity index (χ1v) is 7.24. The van der Waals surface area contributed by atoms with Crippen LogP contribution in [0.1, 0.15) is 44.9 Å². The molecule has 0 aromatic rings. The summed E-state index contributed by atoms with van der Waals surface area (Å²) in [6, 6.07) is 0. The third-order valence-electron chi connectivity index (χ3n) is 2.91. The van der Waals surface area contributed by atoms with Crippen molar-refractivity contribution in [3.05, 3.63) is 0 Å². The van der Waals surface area contributed by atoms with Crippen molar-refractivity contribution in [1.82, 2.24) is 0 Å². The standard InChI is InChI=1S/C10H19NO3S/c11-15(13,14)8-4-7-10(12)9-5-2-1-3-6-9/h9H,1-8H2,(H2,11,13,14). The van der Waals surface area contributed by atoms with Crippen molar-refractivity contribution in [3.8, 4) is 0 Å². The summed E-state index contributed by atoms with van der Waals surface area (Å²) < 4.78 is 21.3. The minimum Gasteiger partial charge on any atom is -0.299 e. The number of nitrogens with two attached hydrogens (primary N) is 1. The number of hydrogen-bond donors (Lipinski definition) is 1. The molecule has 15 heavy (non-hydrogen) atoms. The van der Waals surface area contributed by atoms with Crippen LogP contribution in [0, 0.1) is 5.92 Å². The van der Waals surface area contributed by atoms with Crippen LogP contribution in [0.15, 0.2) is 0 Å². The molecule has 1 fully saturated rings. The molecule has 5 heteroatoms. The molecule has 2 N–H and O–H groups in total. The third kappa shape index (κ3) is 5.28. The van der Waals surface area contributed by atoms with E-state index in [0.29, 0.717) is 12.8 Å². The molecule has 0 bridgehead atoms. The molecule has 0 heterocycles. The lowest BCUT2D eigenvalue weighted by Crippen LogP contribution is -2.20. The fraction of sp³-hybridized carbons (Fsp3) is 0.900. The Morgan fingerprint density at radius 1 is 1.20 bits per heavy atom. The van der Waals surface area contributed by atoms with E-state index in [1.54, 1.807) is 0 Å². The highest BCUT2D eigenvalue weighted by atomic mass is 32.2. The molecule has 0 aliphatic heterocycles. The summed E-state index contributed by atoms with van der Waals surface area (Å²) in [5.74, 6) is 0.323. The van der Waals surface area contributed by atoms with E-state index in [9.17, 15) is 13.2 Å². The number of rotatable bonds is 5. The molecule has 0 atom stereocenters. The minimum absolute atomic E-state index is 0.0779. The van der Waals surface area contributed by atoms with Crippen LogP contribution in [-0.2, 0) is 14.8 Å². The minimum atomic E-state index is -3.40. The molecular weight excluding hydrogens is 214 g/mol. The summed E-state index contributed by atoms with van der Waals surface area (Å²) >= 11 is 0. The lowest BCUT2D eigenvalue weighted by atomic mass is 9.85. The molecule has 0 unspecified atom stereocenters. The maximum Gasteiger partial charge on any atom is 0.209 e. The van der Waals surface area contributed by atoms with Gasteiger partial charge in [-0.3, -0.25) is 4.79 Å². The summed E-state index contributed by atoms with van der Waals surface area (Å²) in [5.41, 5.74) is 0. The predicted octanol–water partition coefficient (Wildman–Crippen LogP) is 1.20. The third-order valence-corrected chi connectivity index (χ3v) is 3.77. The zero-order valence-electron chi connectivity index (χ0n) is 8.94. The van der Waals surface area contributed by atoms with Crippen LogP contribution in [-0.4, -0.2) is 20.0 Å². The Hall–Kier alpha value is -0.420. The lowest BCUT2D eigenvalue weighted by Gasteiger charge is -2.19. The smallest absolute Gasteiger partial charge is 0.209 e. The van der Waals surface area contributed by atoms with Gasteiger partial charge in [-0.15, -0.1) is 0 Å². The van der Waals surface area contributed by atoms with Crippen molar-refractivity contribution in [2.75, 3.05) is 5.75 Å². The Balaban J connectivity index is 2.23.